The van der Waals surface area contributed by atoms with E-state index >= 15 is 0 Å². The van der Waals surface area contributed by atoms with E-state index < -0.39 is 0 Å². The Balaban J connectivity index is 3.09. The van der Waals surface area contributed by atoms with Gasteiger partial charge in [0.25, 0.3) is 0 Å². The Hall–Kier alpha value is -1.32. The molecule has 0 saturated carbocycles. The van der Waals surface area contributed by atoms with Gasteiger partial charge in [-0.3, -0.25) is 5.41 Å². The van der Waals surface area contributed by atoms with Crippen LogP contribution in [-0.2, 0) is 7.05 Å². The summed E-state index contributed by atoms with van der Waals surface area (Å²) in [5.74, 6) is 1.35. The maximum atomic E-state index is 7.19. The number of nitrogen functional groups attached to an aromatic ring is 1. The first-order valence-corrected chi connectivity index (χ1v) is 3.90. The van der Waals surface area contributed by atoms with Gasteiger partial charge in [0, 0.05) is 19.2 Å². The van der Waals surface area contributed by atoms with E-state index in [0.29, 0.717) is 11.6 Å². The standard InChI is InChI=1S/C8H14N4/c1-5(2)8-11-6(7(9)10)4-12(8)3/h4-5H,1-3H3,(H3,9,10). The first-order chi connectivity index (χ1) is 5.52. The van der Waals surface area contributed by atoms with Crippen LogP contribution in [0.1, 0.15) is 31.3 Å². The van der Waals surface area contributed by atoms with Gasteiger partial charge in [0.05, 0.1) is 0 Å². The van der Waals surface area contributed by atoms with Crippen molar-refractivity contribution in [1.29, 1.82) is 5.41 Å². The summed E-state index contributed by atoms with van der Waals surface area (Å²) in [5, 5.41) is 7.19. The van der Waals surface area contributed by atoms with Crippen LogP contribution in [0.25, 0.3) is 0 Å². The number of rotatable bonds is 2. The lowest BCUT2D eigenvalue weighted by Crippen LogP contribution is -2.11. The molecule has 0 aliphatic rings. The van der Waals surface area contributed by atoms with Crippen LogP contribution < -0.4 is 5.73 Å². The molecule has 1 heterocycles. The van der Waals surface area contributed by atoms with Gasteiger partial charge in [-0.1, -0.05) is 13.8 Å². The van der Waals surface area contributed by atoms with Crippen molar-refractivity contribution in [3.8, 4) is 0 Å². The molecule has 0 radical (unpaired) electrons. The van der Waals surface area contributed by atoms with Crippen LogP contribution in [0, 0.1) is 5.41 Å². The Morgan fingerprint density at radius 3 is 2.50 bits per heavy atom. The summed E-state index contributed by atoms with van der Waals surface area (Å²) in [6.45, 7) is 4.12. The minimum atomic E-state index is 0.0255. The largest absolute Gasteiger partial charge is 0.382 e. The number of aryl methyl sites for hydroxylation is 1. The molecule has 0 bridgehead atoms. The van der Waals surface area contributed by atoms with E-state index in [1.54, 1.807) is 6.20 Å². The summed E-state index contributed by atoms with van der Waals surface area (Å²) in [6.07, 6.45) is 1.78. The second kappa shape index (κ2) is 2.97. The lowest BCUT2D eigenvalue weighted by Gasteiger charge is -2.02. The second-order valence-electron chi connectivity index (χ2n) is 3.16. The molecule has 0 aliphatic carbocycles. The molecule has 0 unspecified atom stereocenters. The smallest absolute Gasteiger partial charge is 0.143 e. The lowest BCUT2D eigenvalue weighted by atomic mass is 10.2. The van der Waals surface area contributed by atoms with Crippen molar-refractivity contribution in [2.75, 3.05) is 0 Å². The number of hydrogen-bond acceptors (Lipinski definition) is 2. The van der Waals surface area contributed by atoms with Crippen LogP contribution >= 0.6 is 0 Å². The summed E-state index contributed by atoms with van der Waals surface area (Å²) >= 11 is 0. The number of nitrogens with two attached hydrogens (primary N) is 1. The van der Waals surface area contributed by atoms with E-state index in [1.807, 2.05) is 11.6 Å². The van der Waals surface area contributed by atoms with E-state index in [9.17, 15) is 0 Å². The van der Waals surface area contributed by atoms with Gasteiger partial charge < -0.3 is 10.3 Å². The maximum absolute atomic E-state index is 7.19. The van der Waals surface area contributed by atoms with Crippen LogP contribution in [0.3, 0.4) is 0 Å². The Morgan fingerprint density at radius 1 is 1.67 bits per heavy atom. The molecule has 66 valence electrons. The zero-order valence-electron chi connectivity index (χ0n) is 7.63. The van der Waals surface area contributed by atoms with Gasteiger partial charge in [0.1, 0.15) is 17.4 Å². The molecule has 1 aromatic rings. The Bertz CT molecular complexity index is 298. The quantitative estimate of drug-likeness (QED) is 0.504. The molecule has 0 atom stereocenters. The van der Waals surface area contributed by atoms with Crippen molar-refractivity contribution in [2.45, 2.75) is 19.8 Å². The van der Waals surface area contributed by atoms with Crippen LogP contribution in [-0.4, -0.2) is 15.4 Å². The molecule has 4 heteroatoms. The van der Waals surface area contributed by atoms with E-state index in [-0.39, 0.29) is 5.84 Å². The van der Waals surface area contributed by atoms with E-state index in [0.717, 1.165) is 5.82 Å². The van der Waals surface area contributed by atoms with E-state index in [4.69, 9.17) is 11.1 Å². The fourth-order valence-electron chi connectivity index (χ4n) is 1.15. The molecule has 0 spiro atoms. The molecule has 0 aliphatic heterocycles. The Morgan fingerprint density at radius 2 is 2.25 bits per heavy atom. The topological polar surface area (TPSA) is 67.7 Å². The van der Waals surface area contributed by atoms with Gasteiger partial charge in [0.15, 0.2) is 0 Å². The summed E-state index contributed by atoms with van der Waals surface area (Å²) in [4.78, 5) is 4.22. The highest BCUT2D eigenvalue weighted by Gasteiger charge is 2.09. The second-order valence-corrected chi connectivity index (χ2v) is 3.16. The average Bonchev–Trinajstić information content (AvgIpc) is 2.30. The number of imidazole rings is 1. The van der Waals surface area contributed by atoms with E-state index in [1.165, 1.54) is 0 Å². The fraction of sp³-hybridized carbons (Fsp3) is 0.500. The van der Waals surface area contributed by atoms with Crippen molar-refractivity contribution in [3.63, 3.8) is 0 Å². The monoisotopic (exact) mass is 166 g/mol. The molecule has 0 saturated heterocycles. The lowest BCUT2D eigenvalue weighted by molar-refractivity contribution is 0.711. The Labute approximate surface area is 71.9 Å². The number of hydrogen-bond donors (Lipinski definition) is 2. The highest BCUT2D eigenvalue weighted by atomic mass is 15.1. The first-order valence-electron chi connectivity index (χ1n) is 3.90. The molecule has 0 aromatic carbocycles. The summed E-state index contributed by atoms with van der Waals surface area (Å²) in [7, 11) is 1.91. The van der Waals surface area contributed by atoms with E-state index in [2.05, 4.69) is 18.8 Å². The number of amidine groups is 1. The maximum Gasteiger partial charge on any atom is 0.143 e. The SMILES string of the molecule is CC(C)c1nc(C(=N)N)cn1C. The molecule has 0 fully saturated rings. The molecular formula is C8H14N4. The van der Waals surface area contributed by atoms with Crippen LogP contribution in [0.15, 0.2) is 6.20 Å². The number of aromatic nitrogens is 2. The molecule has 3 N–H and O–H groups in total. The number of nitrogens with one attached hydrogen (secondary N) is 1. The normalized spacial score (nSPS) is 10.7. The van der Waals surface area contributed by atoms with Crippen molar-refractivity contribution >= 4 is 5.84 Å². The van der Waals surface area contributed by atoms with Gasteiger partial charge in [0.2, 0.25) is 0 Å². The summed E-state index contributed by atoms with van der Waals surface area (Å²) < 4.78 is 1.90. The van der Waals surface area contributed by atoms with Gasteiger partial charge in [-0.05, 0) is 0 Å². The zero-order valence-corrected chi connectivity index (χ0v) is 7.63. The van der Waals surface area contributed by atoms with Gasteiger partial charge in [-0.25, -0.2) is 4.98 Å². The highest BCUT2D eigenvalue weighted by molar-refractivity contribution is 5.92. The molecule has 12 heavy (non-hydrogen) atoms. The van der Waals surface area contributed by atoms with Crippen molar-refractivity contribution < 1.29 is 0 Å². The molecule has 0 amide bonds. The third kappa shape index (κ3) is 1.47. The van der Waals surface area contributed by atoms with Crippen LogP contribution in [0.2, 0.25) is 0 Å². The Kier molecular flexibility index (Phi) is 2.17. The van der Waals surface area contributed by atoms with Crippen LogP contribution in [0.5, 0.6) is 0 Å². The number of nitrogens with zero attached hydrogens (tertiary/aromatic N) is 2. The first kappa shape index (κ1) is 8.77. The predicted octanol–water partition coefficient (Wildman–Crippen LogP) is 0.828. The summed E-state index contributed by atoms with van der Waals surface area (Å²) in [6, 6.07) is 0. The third-order valence-corrected chi connectivity index (χ3v) is 1.70. The molecule has 1 rings (SSSR count). The van der Waals surface area contributed by atoms with Gasteiger partial charge >= 0.3 is 0 Å². The van der Waals surface area contributed by atoms with Gasteiger partial charge in [-0.2, -0.15) is 0 Å². The van der Waals surface area contributed by atoms with Crippen molar-refractivity contribution in [1.82, 2.24) is 9.55 Å². The highest BCUT2D eigenvalue weighted by Crippen LogP contribution is 2.12. The molecule has 1 aromatic heterocycles. The fourth-order valence-corrected chi connectivity index (χ4v) is 1.15. The minimum Gasteiger partial charge on any atom is -0.382 e. The molecular weight excluding hydrogens is 152 g/mol. The van der Waals surface area contributed by atoms with Crippen molar-refractivity contribution in [3.05, 3.63) is 17.7 Å². The third-order valence-electron chi connectivity index (χ3n) is 1.70. The zero-order chi connectivity index (χ0) is 9.30. The van der Waals surface area contributed by atoms with Crippen molar-refractivity contribution in [2.24, 2.45) is 12.8 Å². The molecule has 4 nitrogen and oxygen atoms in total. The average molecular weight is 166 g/mol. The minimum absolute atomic E-state index is 0.0255. The van der Waals surface area contributed by atoms with Crippen LogP contribution in [0.4, 0.5) is 0 Å². The summed E-state index contributed by atoms with van der Waals surface area (Å²) in [5.41, 5.74) is 5.86. The van der Waals surface area contributed by atoms with Gasteiger partial charge in [-0.15, -0.1) is 0 Å². The predicted molar refractivity (Wildman–Crippen MR) is 48.3 cm³/mol.